The Balaban J connectivity index is 3.90. The molecular formula is C10H20N2O4S. The first-order valence-corrected chi connectivity index (χ1v) is 6.94. The monoisotopic (exact) mass is 264 g/mol. The maximum atomic E-state index is 11.5. The Kier molecular flexibility index (Phi) is 7.53. The lowest BCUT2D eigenvalue weighted by Gasteiger charge is -2.19. The van der Waals surface area contributed by atoms with E-state index >= 15 is 0 Å². The van der Waals surface area contributed by atoms with Crippen LogP contribution in [0.25, 0.3) is 0 Å². The maximum absolute atomic E-state index is 11.5. The van der Waals surface area contributed by atoms with Crippen LogP contribution in [0.5, 0.6) is 0 Å². The first-order valence-electron chi connectivity index (χ1n) is 5.45. The summed E-state index contributed by atoms with van der Waals surface area (Å²) in [6, 6.07) is -0.341. The molecule has 0 rings (SSSR count). The van der Waals surface area contributed by atoms with Crippen LogP contribution in [0.15, 0.2) is 0 Å². The summed E-state index contributed by atoms with van der Waals surface area (Å²) in [5, 5.41) is 11.3. The van der Waals surface area contributed by atoms with Crippen molar-refractivity contribution in [1.82, 2.24) is 10.2 Å². The van der Waals surface area contributed by atoms with Crippen LogP contribution in [-0.4, -0.2) is 57.9 Å². The van der Waals surface area contributed by atoms with E-state index in [9.17, 15) is 13.8 Å². The Labute approximate surface area is 104 Å². The quantitative estimate of drug-likeness (QED) is 0.683. The Hall–Kier alpha value is -1.11. The highest BCUT2D eigenvalue weighted by molar-refractivity contribution is 7.84. The van der Waals surface area contributed by atoms with Gasteiger partial charge in [0.25, 0.3) is 0 Å². The fourth-order valence-electron chi connectivity index (χ4n) is 1.12. The van der Waals surface area contributed by atoms with Gasteiger partial charge in [0, 0.05) is 42.4 Å². The minimum atomic E-state index is -0.934. The number of urea groups is 1. The van der Waals surface area contributed by atoms with Crippen LogP contribution < -0.4 is 5.32 Å². The van der Waals surface area contributed by atoms with Gasteiger partial charge in [0.2, 0.25) is 0 Å². The van der Waals surface area contributed by atoms with Crippen molar-refractivity contribution < 1.29 is 18.9 Å². The number of carboxylic acid groups (broad SMARTS) is 1. The van der Waals surface area contributed by atoms with Crippen LogP contribution in [0.1, 0.15) is 13.8 Å². The molecule has 0 fully saturated rings. The molecular weight excluding hydrogens is 244 g/mol. The molecule has 6 nitrogen and oxygen atoms in total. The number of amides is 2. The fraction of sp³-hybridized carbons (Fsp3) is 0.800. The highest BCUT2D eigenvalue weighted by Crippen LogP contribution is 1.98. The summed E-state index contributed by atoms with van der Waals surface area (Å²) in [5.41, 5.74) is 0. The number of nitrogens with zero attached hydrogens (tertiary/aromatic N) is 1. The van der Waals surface area contributed by atoms with Gasteiger partial charge >= 0.3 is 12.0 Å². The first-order chi connectivity index (χ1) is 7.88. The number of aliphatic carboxylic acids is 1. The number of hydrogen-bond acceptors (Lipinski definition) is 3. The smallest absolute Gasteiger partial charge is 0.317 e. The molecule has 0 bridgehead atoms. The largest absolute Gasteiger partial charge is 0.481 e. The van der Waals surface area contributed by atoms with Crippen LogP contribution in [0.4, 0.5) is 4.79 Å². The summed E-state index contributed by atoms with van der Waals surface area (Å²) in [6.45, 7) is 3.85. The summed E-state index contributed by atoms with van der Waals surface area (Å²) in [4.78, 5) is 23.4. The Bertz CT molecular complexity index is 296. The molecule has 0 aromatic heterocycles. The first kappa shape index (κ1) is 15.9. The second kappa shape index (κ2) is 8.05. The van der Waals surface area contributed by atoms with Gasteiger partial charge in [0.05, 0.1) is 5.92 Å². The molecule has 2 N–H and O–H groups in total. The van der Waals surface area contributed by atoms with Gasteiger partial charge in [-0.25, -0.2) is 4.79 Å². The number of rotatable bonds is 7. The van der Waals surface area contributed by atoms with Crippen LogP contribution in [0.2, 0.25) is 0 Å². The number of carboxylic acids is 1. The highest BCUT2D eigenvalue weighted by Gasteiger charge is 2.16. The topological polar surface area (TPSA) is 86.7 Å². The maximum Gasteiger partial charge on any atom is 0.317 e. The van der Waals surface area contributed by atoms with Crippen molar-refractivity contribution in [2.24, 2.45) is 5.92 Å². The van der Waals surface area contributed by atoms with Gasteiger partial charge in [-0.3, -0.25) is 9.00 Å². The van der Waals surface area contributed by atoms with E-state index in [0.717, 1.165) is 0 Å². The van der Waals surface area contributed by atoms with Crippen LogP contribution in [0, 0.1) is 5.92 Å². The van der Waals surface area contributed by atoms with E-state index in [4.69, 9.17) is 5.11 Å². The van der Waals surface area contributed by atoms with Gasteiger partial charge in [-0.05, 0) is 0 Å². The van der Waals surface area contributed by atoms with Crippen LogP contribution >= 0.6 is 0 Å². The number of hydrogen-bond donors (Lipinski definition) is 2. The molecule has 0 aromatic carbocycles. The lowest BCUT2D eigenvalue weighted by atomic mass is 10.2. The fourth-order valence-corrected chi connectivity index (χ4v) is 1.74. The van der Waals surface area contributed by atoms with Crippen molar-refractivity contribution in [3.63, 3.8) is 0 Å². The SMILES string of the molecule is CCS(=O)CCNC(=O)N(C)CC(C)C(=O)O. The Morgan fingerprint density at radius 3 is 2.53 bits per heavy atom. The summed E-state index contributed by atoms with van der Waals surface area (Å²) >= 11 is 0. The third kappa shape index (κ3) is 6.93. The summed E-state index contributed by atoms with van der Waals surface area (Å²) in [6.07, 6.45) is 0. The number of carbonyl (C=O) groups excluding carboxylic acids is 1. The van der Waals surface area contributed by atoms with Crippen molar-refractivity contribution in [2.75, 3.05) is 31.6 Å². The molecule has 0 radical (unpaired) electrons. The van der Waals surface area contributed by atoms with Gasteiger partial charge in [-0.1, -0.05) is 13.8 Å². The molecule has 0 aliphatic carbocycles. The van der Waals surface area contributed by atoms with Gasteiger partial charge in [-0.15, -0.1) is 0 Å². The molecule has 0 aliphatic heterocycles. The lowest BCUT2D eigenvalue weighted by Crippen LogP contribution is -2.42. The van der Waals surface area contributed by atoms with E-state index in [1.165, 1.54) is 18.9 Å². The van der Waals surface area contributed by atoms with Crippen molar-refractivity contribution in [2.45, 2.75) is 13.8 Å². The van der Waals surface area contributed by atoms with E-state index < -0.39 is 22.7 Å². The van der Waals surface area contributed by atoms with Crippen LogP contribution in [-0.2, 0) is 15.6 Å². The number of nitrogens with one attached hydrogen (secondary N) is 1. The average Bonchev–Trinajstić information content (AvgIpc) is 2.28. The normalized spacial score (nSPS) is 13.8. The molecule has 2 unspecified atom stereocenters. The molecule has 0 aromatic rings. The molecule has 0 spiro atoms. The zero-order valence-electron chi connectivity index (χ0n) is 10.4. The summed E-state index contributed by atoms with van der Waals surface area (Å²) < 4.78 is 11.1. The number of carbonyl (C=O) groups is 2. The third-order valence-corrected chi connectivity index (χ3v) is 3.55. The van der Waals surface area contributed by atoms with Crippen molar-refractivity contribution in [1.29, 1.82) is 0 Å². The van der Waals surface area contributed by atoms with Gasteiger partial charge in [-0.2, -0.15) is 0 Å². The molecule has 0 heterocycles. The molecule has 7 heteroatoms. The van der Waals surface area contributed by atoms with Gasteiger partial charge in [0.1, 0.15) is 0 Å². The highest BCUT2D eigenvalue weighted by atomic mass is 32.2. The average molecular weight is 264 g/mol. The van der Waals surface area contributed by atoms with E-state index in [-0.39, 0.29) is 12.6 Å². The van der Waals surface area contributed by atoms with E-state index in [2.05, 4.69) is 5.32 Å². The van der Waals surface area contributed by atoms with E-state index in [1.54, 1.807) is 0 Å². The minimum Gasteiger partial charge on any atom is -0.481 e. The van der Waals surface area contributed by atoms with Crippen molar-refractivity contribution in [3.8, 4) is 0 Å². The third-order valence-electron chi connectivity index (χ3n) is 2.24. The zero-order chi connectivity index (χ0) is 13.4. The molecule has 100 valence electrons. The minimum absolute atomic E-state index is 0.151. The van der Waals surface area contributed by atoms with E-state index in [0.29, 0.717) is 18.1 Å². The Morgan fingerprint density at radius 2 is 2.06 bits per heavy atom. The predicted molar refractivity (Wildman–Crippen MR) is 66.4 cm³/mol. The Morgan fingerprint density at radius 1 is 1.47 bits per heavy atom. The van der Waals surface area contributed by atoms with E-state index in [1.807, 2.05) is 6.92 Å². The van der Waals surface area contributed by atoms with Crippen molar-refractivity contribution >= 4 is 22.8 Å². The molecule has 0 aliphatic rings. The van der Waals surface area contributed by atoms with Crippen molar-refractivity contribution in [3.05, 3.63) is 0 Å². The second-order valence-electron chi connectivity index (χ2n) is 3.78. The molecule has 2 atom stereocenters. The van der Waals surface area contributed by atoms with Crippen LogP contribution in [0.3, 0.4) is 0 Å². The molecule has 0 saturated heterocycles. The second-order valence-corrected chi connectivity index (χ2v) is 5.65. The summed E-state index contributed by atoms with van der Waals surface area (Å²) in [7, 11) is 0.631. The molecule has 17 heavy (non-hydrogen) atoms. The lowest BCUT2D eigenvalue weighted by molar-refractivity contribution is -0.141. The van der Waals surface area contributed by atoms with Gasteiger partial charge < -0.3 is 15.3 Å². The van der Waals surface area contributed by atoms with Gasteiger partial charge in [0.15, 0.2) is 0 Å². The predicted octanol–water partition coefficient (Wildman–Crippen LogP) is 0.117. The summed E-state index contributed by atoms with van der Waals surface area (Å²) in [5.74, 6) is -0.543. The standard InChI is InChI=1S/C10H20N2O4S/c1-4-17(16)6-5-11-10(15)12(3)7-8(2)9(13)14/h8H,4-7H2,1-3H3,(H,11,15)(H,13,14). The molecule has 2 amide bonds. The molecule has 0 saturated carbocycles. The zero-order valence-corrected chi connectivity index (χ0v) is 11.2.